The molecule has 0 unspecified atom stereocenters. The van der Waals surface area contributed by atoms with Gasteiger partial charge in [-0.25, -0.2) is 4.79 Å². The van der Waals surface area contributed by atoms with E-state index in [1.165, 1.54) is 0 Å². The van der Waals surface area contributed by atoms with Crippen molar-refractivity contribution in [1.82, 2.24) is 0 Å². The van der Waals surface area contributed by atoms with Gasteiger partial charge in [-0.15, -0.1) is 0 Å². The number of carboxylic acid groups (broad SMARTS) is 1. The van der Waals surface area contributed by atoms with E-state index in [4.69, 9.17) is 67.8 Å². The second-order valence-electron chi connectivity index (χ2n) is 2.66. The van der Waals surface area contributed by atoms with Crippen molar-refractivity contribution in [3.05, 3.63) is 37.5 Å². The monoisotopic (exact) mass is 334 g/mol. The first kappa shape index (κ1) is 14.7. The van der Waals surface area contributed by atoms with Crippen LogP contribution in [0.1, 0.15) is 0 Å². The number of ether oxygens (including phenoxy) is 1. The summed E-state index contributed by atoms with van der Waals surface area (Å²) in [5.74, 6) is -1.26. The maximum absolute atomic E-state index is 10.2. The zero-order valence-electron chi connectivity index (χ0n) is 7.81. The van der Waals surface area contributed by atoms with Gasteiger partial charge < -0.3 is 9.84 Å². The summed E-state index contributed by atoms with van der Waals surface area (Å²) in [5, 5.41) is 8.21. The summed E-state index contributed by atoms with van der Waals surface area (Å²) in [4.78, 5) is 10.2. The Balaban J connectivity index is 3.20. The van der Waals surface area contributed by atoms with E-state index in [1.807, 2.05) is 0 Å². The number of hydrogen-bond acceptors (Lipinski definition) is 2. The third-order valence-electron chi connectivity index (χ3n) is 1.57. The van der Waals surface area contributed by atoms with Crippen LogP contribution in [0.5, 0.6) is 5.75 Å². The van der Waals surface area contributed by atoms with Crippen molar-refractivity contribution in [1.29, 1.82) is 0 Å². The van der Waals surface area contributed by atoms with E-state index in [9.17, 15) is 4.79 Å². The van der Waals surface area contributed by atoms with Gasteiger partial charge in [0.25, 0.3) is 0 Å². The van der Waals surface area contributed by atoms with E-state index in [0.29, 0.717) is 0 Å². The van der Waals surface area contributed by atoms with Gasteiger partial charge in [-0.2, -0.15) is 0 Å². The molecule has 0 amide bonds. The minimum Gasteiger partial charge on any atom is -0.478 e. The molecule has 0 aliphatic carbocycles. The number of carbonyl (C=O) groups is 1. The van der Waals surface area contributed by atoms with Gasteiger partial charge in [-0.05, 0) is 0 Å². The molecule has 0 fully saturated rings. The minimum atomic E-state index is -1.19. The maximum Gasteiger partial charge on any atom is 0.331 e. The molecule has 0 saturated heterocycles. The molecule has 0 bridgehead atoms. The lowest BCUT2D eigenvalue weighted by Gasteiger charge is -2.10. The third-order valence-corrected chi connectivity index (χ3v) is 3.81. The first-order valence-corrected chi connectivity index (χ1v) is 5.82. The summed E-state index contributed by atoms with van der Waals surface area (Å²) in [6.07, 6.45) is 1.64. The first-order chi connectivity index (χ1) is 7.86. The standard InChI is InChI=1S/C9H3Cl5O3/c10-4-5(11)7(13)9(8(14)6(4)12)17-2-1-3(15)16/h1-2H,(H,15,16). The summed E-state index contributed by atoms with van der Waals surface area (Å²) in [6.45, 7) is 0. The van der Waals surface area contributed by atoms with E-state index in [1.54, 1.807) is 0 Å². The highest BCUT2D eigenvalue weighted by Gasteiger charge is 2.20. The van der Waals surface area contributed by atoms with Crippen LogP contribution in [0.3, 0.4) is 0 Å². The number of benzene rings is 1. The fourth-order valence-electron chi connectivity index (χ4n) is 0.849. The molecule has 3 nitrogen and oxygen atoms in total. The van der Waals surface area contributed by atoms with Crippen molar-refractivity contribution in [2.75, 3.05) is 0 Å². The summed E-state index contributed by atoms with van der Waals surface area (Å²) in [6, 6.07) is 0. The summed E-state index contributed by atoms with van der Waals surface area (Å²) in [5.41, 5.74) is 0. The van der Waals surface area contributed by atoms with Gasteiger partial charge >= 0.3 is 5.97 Å². The van der Waals surface area contributed by atoms with Crippen LogP contribution in [0.15, 0.2) is 12.3 Å². The maximum atomic E-state index is 10.2. The van der Waals surface area contributed by atoms with Crippen molar-refractivity contribution in [2.45, 2.75) is 0 Å². The SMILES string of the molecule is O=C(O)C=COc1c(Cl)c(Cl)c(Cl)c(Cl)c1Cl. The predicted molar refractivity (Wildman–Crippen MR) is 68.9 cm³/mol. The molecule has 0 radical (unpaired) electrons. The lowest BCUT2D eigenvalue weighted by atomic mass is 10.3. The molecule has 1 N–H and O–H groups in total. The molecule has 0 atom stereocenters. The van der Waals surface area contributed by atoms with Crippen LogP contribution >= 0.6 is 58.0 Å². The molecule has 1 rings (SSSR count). The molecule has 0 aliphatic rings. The van der Waals surface area contributed by atoms with Gasteiger partial charge in [0.2, 0.25) is 0 Å². The highest BCUT2D eigenvalue weighted by molar-refractivity contribution is 6.55. The molecule has 1 aromatic carbocycles. The van der Waals surface area contributed by atoms with Gasteiger partial charge in [0.15, 0.2) is 5.75 Å². The fraction of sp³-hybridized carbons (Fsp3) is 0. The van der Waals surface area contributed by atoms with Crippen molar-refractivity contribution in [3.8, 4) is 5.75 Å². The van der Waals surface area contributed by atoms with Gasteiger partial charge in [0.05, 0.1) is 27.4 Å². The lowest BCUT2D eigenvalue weighted by molar-refractivity contribution is -0.131. The highest BCUT2D eigenvalue weighted by Crippen LogP contribution is 2.48. The molecule has 0 aromatic heterocycles. The first-order valence-electron chi connectivity index (χ1n) is 3.93. The van der Waals surface area contributed by atoms with Crippen LogP contribution in [-0.4, -0.2) is 11.1 Å². The topological polar surface area (TPSA) is 46.5 Å². The van der Waals surface area contributed by atoms with Crippen LogP contribution in [0, 0.1) is 0 Å². The molecule has 0 heterocycles. The van der Waals surface area contributed by atoms with Crippen LogP contribution in [0.4, 0.5) is 0 Å². The number of rotatable bonds is 3. The van der Waals surface area contributed by atoms with Gasteiger partial charge in [-0.1, -0.05) is 58.0 Å². The Morgan fingerprint density at radius 3 is 1.76 bits per heavy atom. The molecule has 17 heavy (non-hydrogen) atoms. The molecular weight excluding hydrogens is 333 g/mol. The van der Waals surface area contributed by atoms with Crippen LogP contribution in [-0.2, 0) is 4.79 Å². The van der Waals surface area contributed by atoms with Gasteiger partial charge in [0, 0.05) is 0 Å². The zero-order chi connectivity index (χ0) is 13.2. The highest BCUT2D eigenvalue weighted by atomic mass is 35.5. The fourth-order valence-corrected chi connectivity index (χ4v) is 2.06. The van der Waals surface area contributed by atoms with Crippen molar-refractivity contribution < 1.29 is 14.6 Å². The Morgan fingerprint density at radius 2 is 1.35 bits per heavy atom. The number of aliphatic carboxylic acids is 1. The van der Waals surface area contributed by atoms with E-state index in [-0.39, 0.29) is 30.9 Å². The second kappa shape index (κ2) is 6.03. The quantitative estimate of drug-likeness (QED) is 0.368. The second-order valence-corrected chi connectivity index (χ2v) is 4.55. The Bertz CT molecular complexity index is 469. The molecule has 1 aromatic rings. The summed E-state index contributed by atoms with van der Waals surface area (Å²) < 4.78 is 4.94. The average molecular weight is 336 g/mol. The van der Waals surface area contributed by atoms with E-state index < -0.39 is 5.97 Å². The normalized spacial score (nSPS) is 10.9. The van der Waals surface area contributed by atoms with E-state index in [2.05, 4.69) is 0 Å². The lowest BCUT2D eigenvalue weighted by Crippen LogP contribution is -1.92. The number of hydrogen-bond donors (Lipinski definition) is 1. The molecule has 0 aliphatic heterocycles. The van der Waals surface area contributed by atoms with Crippen molar-refractivity contribution >= 4 is 64.0 Å². The van der Waals surface area contributed by atoms with Gasteiger partial charge in [-0.3, -0.25) is 0 Å². The molecular formula is C9H3Cl5O3. The third kappa shape index (κ3) is 3.33. The smallest absolute Gasteiger partial charge is 0.331 e. The van der Waals surface area contributed by atoms with E-state index >= 15 is 0 Å². The van der Waals surface area contributed by atoms with E-state index in [0.717, 1.165) is 12.3 Å². The van der Waals surface area contributed by atoms with Crippen LogP contribution in [0.25, 0.3) is 0 Å². The Labute approximate surface area is 121 Å². The van der Waals surface area contributed by atoms with Crippen molar-refractivity contribution in [2.24, 2.45) is 0 Å². The summed E-state index contributed by atoms with van der Waals surface area (Å²) in [7, 11) is 0. The van der Waals surface area contributed by atoms with Crippen molar-refractivity contribution in [3.63, 3.8) is 0 Å². The average Bonchev–Trinajstić information content (AvgIpc) is 2.28. The minimum absolute atomic E-state index is 0.00195. The molecule has 92 valence electrons. The van der Waals surface area contributed by atoms with Gasteiger partial charge in [0.1, 0.15) is 10.0 Å². The number of carboxylic acids is 1. The summed E-state index contributed by atoms with van der Waals surface area (Å²) >= 11 is 28.9. The van der Waals surface area contributed by atoms with Crippen LogP contribution < -0.4 is 4.74 Å². The predicted octanol–water partition coefficient (Wildman–Crippen LogP) is 4.93. The Kier molecular flexibility index (Phi) is 5.22. The number of halogens is 5. The largest absolute Gasteiger partial charge is 0.478 e. The Morgan fingerprint density at radius 1 is 0.941 bits per heavy atom. The molecule has 0 saturated carbocycles. The zero-order valence-corrected chi connectivity index (χ0v) is 11.6. The van der Waals surface area contributed by atoms with Crippen LogP contribution in [0.2, 0.25) is 25.1 Å². The Hall–Kier alpha value is -0.320. The molecule has 0 spiro atoms. The molecule has 8 heteroatoms.